The number of nitrogens with zero attached hydrogens (tertiary/aromatic N) is 1. The van der Waals surface area contributed by atoms with Gasteiger partial charge in [-0.3, -0.25) is 4.79 Å². The van der Waals surface area contributed by atoms with Gasteiger partial charge < -0.3 is 4.74 Å². The van der Waals surface area contributed by atoms with Crippen LogP contribution in [-0.2, 0) is 4.79 Å². The van der Waals surface area contributed by atoms with Crippen LogP contribution in [0.3, 0.4) is 0 Å². The third-order valence-corrected chi connectivity index (χ3v) is 3.01. The SMILES string of the molecule is C[C@H](/C=N\NC(=O)COc1ccccc1F)c1ccccc1. The van der Waals surface area contributed by atoms with E-state index in [0.717, 1.165) is 5.56 Å². The highest BCUT2D eigenvalue weighted by atomic mass is 19.1. The topological polar surface area (TPSA) is 50.7 Å². The number of halogens is 1. The van der Waals surface area contributed by atoms with Gasteiger partial charge in [0.05, 0.1) is 0 Å². The van der Waals surface area contributed by atoms with Gasteiger partial charge in [0.2, 0.25) is 0 Å². The van der Waals surface area contributed by atoms with E-state index in [0.29, 0.717) is 0 Å². The molecule has 5 heteroatoms. The van der Waals surface area contributed by atoms with Crippen LogP contribution in [0.5, 0.6) is 5.75 Å². The first-order valence-electron chi connectivity index (χ1n) is 6.91. The third-order valence-electron chi connectivity index (χ3n) is 3.01. The molecule has 0 bridgehead atoms. The Morgan fingerprint density at radius 1 is 1.23 bits per heavy atom. The summed E-state index contributed by atoms with van der Waals surface area (Å²) in [5, 5.41) is 3.88. The maximum atomic E-state index is 13.3. The van der Waals surface area contributed by atoms with Crippen LogP contribution < -0.4 is 10.2 Å². The second kappa shape index (κ2) is 7.93. The van der Waals surface area contributed by atoms with E-state index in [1.165, 1.54) is 12.1 Å². The Labute approximate surface area is 128 Å². The highest BCUT2D eigenvalue weighted by Gasteiger charge is 2.05. The van der Waals surface area contributed by atoms with Crippen LogP contribution in [0.15, 0.2) is 59.7 Å². The Bertz CT molecular complexity index is 644. The van der Waals surface area contributed by atoms with Crippen LogP contribution in [-0.4, -0.2) is 18.7 Å². The molecule has 0 unspecified atom stereocenters. The van der Waals surface area contributed by atoms with Crippen molar-refractivity contribution in [1.29, 1.82) is 0 Å². The maximum absolute atomic E-state index is 13.3. The fourth-order valence-corrected chi connectivity index (χ4v) is 1.80. The standard InChI is InChI=1S/C17H17FN2O2/c1-13(14-7-3-2-4-8-14)11-19-20-17(21)12-22-16-10-6-5-9-15(16)18/h2-11,13H,12H2,1H3,(H,20,21)/b19-11-/t13-/m1/s1. The first-order chi connectivity index (χ1) is 10.7. The van der Waals surface area contributed by atoms with Crippen LogP contribution in [0.2, 0.25) is 0 Å². The quantitative estimate of drug-likeness (QED) is 0.658. The van der Waals surface area contributed by atoms with Crippen LogP contribution in [0.4, 0.5) is 4.39 Å². The average Bonchev–Trinajstić information content (AvgIpc) is 2.55. The first-order valence-corrected chi connectivity index (χ1v) is 6.91. The largest absolute Gasteiger partial charge is 0.481 e. The monoisotopic (exact) mass is 300 g/mol. The summed E-state index contributed by atoms with van der Waals surface area (Å²) in [7, 11) is 0. The number of nitrogens with one attached hydrogen (secondary N) is 1. The molecule has 0 saturated heterocycles. The molecular formula is C17H17FN2O2. The van der Waals surface area contributed by atoms with Gasteiger partial charge in [-0.05, 0) is 17.7 Å². The zero-order chi connectivity index (χ0) is 15.8. The maximum Gasteiger partial charge on any atom is 0.277 e. The fourth-order valence-electron chi connectivity index (χ4n) is 1.80. The number of hydrazone groups is 1. The summed E-state index contributed by atoms with van der Waals surface area (Å²) in [6.07, 6.45) is 1.64. The Balaban J connectivity index is 1.78. The van der Waals surface area contributed by atoms with Gasteiger partial charge in [-0.1, -0.05) is 49.4 Å². The minimum absolute atomic E-state index is 0.0410. The lowest BCUT2D eigenvalue weighted by molar-refractivity contribution is -0.123. The zero-order valence-corrected chi connectivity index (χ0v) is 12.2. The number of para-hydroxylation sites is 1. The predicted molar refractivity (Wildman–Crippen MR) is 83.4 cm³/mol. The van der Waals surface area contributed by atoms with Crippen LogP contribution in [0, 0.1) is 5.82 Å². The zero-order valence-electron chi connectivity index (χ0n) is 12.2. The van der Waals surface area contributed by atoms with Gasteiger partial charge >= 0.3 is 0 Å². The molecule has 1 N–H and O–H groups in total. The van der Waals surface area contributed by atoms with E-state index in [1.54, 1.807) is 18.3 Å². The van der Waals surface area contributed by atoms with Crippen molar-refractivity contribution in [2.24, 2.45) is 5.10 Å². The van der Waals surface area contributed by atoms with Crippen molar-refractivity contribution < 1.29 is 13.9 Å². The summed E-state index contributed by atoms with van der Waals surface area (Å²) >= 11 is 0. The molecule has 0 saturated carbocycles. The second-order valence-electron chi connectivity index (χ2n) is 4.73. The molecule has 0 spiro atoms. The van der Waals surface area contributed by atoms with Gasteiger partial charge in [0.1, 0.15) is 0 Å². The minimum atomic E-state index is -0.503. The molecule has 4 nitrogen and oxygen atoms in total. The molecule has 1 amide bonds. The smallest absolute Gasteiger partial charge is 0.277 e. The highest BCUT2D eigenvalue weighted by molar-refractivity contribution is 5.78. The van der Waals surface area contributed by atoms with Crippen molar-refractivity contribution >= 4 is 12.1 Å². The van der Waals surface area contributed by atoms with E-state index in [9.17, 15) is 9.18 Å². The number of benzene rings is 2. The van der Waals surface area contributed by atoms with Crippen molar-refractivity contribution in [3.8, 4) is 5.75 Å². The molecule has 0 aliphatic heterocycles. The van der Waals surface area contributed by atoms with E-state index >= 15 is 0 Å². The number of carbonyl (C=O) groups excluding carboxylic acids is 1. The average molecular weight is 300 g/mol. The van der Waals surface area contributed by atoms with Crippen molar-refractivity contribution in [3.05, 3.63) is 66.0 Å². The lowest BCUT2D eigenvalue weighted by atomic mass is 10.0. The van der Waals surface area contributed by atoms with E-state index in [-0.39, 0.29) is 18.3 Å². The molecule has 2 aromatic carbocycles. The van der Waals surface area contributed by atoms with E-state index in [2.05, 4.69) is 10.5 Å². The number of rotatable bonds is 6. The van der Waals surface area contributed by atoms with Crippen molar-refractivity contribution in [2.45, 2.75) is 12.8 Å². The number of hydrogen-bond donors (Lipinski definition) is 1. The molecule has 2 aromatic rings. The molecule has 22 heavy (non-hydrogen) atoms. The number of hydrogen-bond acceptors (Lipinski definition) is 3. The van der Waals surface area contributed by atoms with Crippen molar-refractivity contribution in [1.82, 2.24) is 5.43 Å². The van der Waals surface area contributed by atoms with Crippen LogP contribution in [0.25, 0.3) is 0 Å². The third kappa shape index (κ3) is 4.70. The summed E-state index contributed by atoms with van der Waals surface area (Å²) in [5.74, 6) is -0.829. The van der Waals surface area contributed by atoms with Gasteiger partial charge in [0.15, 0.2) is 18.2 Å². The van der Waals surface area contributed by atoms with E-state index in [4.69, 9.17) is 4.74 Å². The molecule has 114 valence electrons. The molecule has 0 heterocycles. The predicted octanol–water partition coefficient (Wildman–Crippen LogP) is 3.11. The Morgan fingerprint density at radius 3 is 2.64 bits per heavy atom. The molecule has 1 atom stereocenters. The Kier molecular flexibility index (Phi) is 5.65. The lowest BCUT2D eigenvalue weighted by Gasteiger charge is -2.07. The summed E-state index contributed by atoms with van der Waals surface area (Å²) < 4.78 is 18.4. The number of carbonyl (C=O) groups is 1. The molecule has 0 aromatic heterocycles. The second-order valence-corrected chi connectivity index (χ2v) is 4.73. The van der Waals surface area contributed by atoms with Gasteiger partial charge in [0, 0.05) is 12.1 Å². The van der Waals surface area contributed by atoms with Crippen LogP contribution >= 0.6 is 0 Å². The highest BCUT2D eigenvalue weighted by Crippen LogP contribution is 2.15. The van der Waals surface area contributed by atoms with Crippen molar-refractivity contribution in [2.75, 3.05) is 6.61 Å². The Morgan fingerprint density at radius 2 is 1.91 bits per heavy atom. The van der Waals surface area contributed by atoms with Crippen molar-refractivity contribution in [3.63, 3.8) is 0 Å². The molecular weight excluding hydrogens is 283 g/mol. The van der Waals surface area contributed by atoms with Gasteiger partial charge in [-0.15, -0.1) is 0 Å². The normalized spacial score (nSPS) is 12.1. The molecule has 0 aliphatic rings. The molecule has 0 fully saturated rings. The summed E-state index contributed by atoms with van der Waals surface area (Å²) in [6.45, 7) is 1.68. The van der Waals surface area contributed by atoms with Gasteiger partial charge in [-0.25, -0.2) is 9.82 Å². The van der Waals surface area contributed by atoms with Gasteiger partial charge in [0.25, 0.3) is 5.91 Å². The molecule has 0 aliphatic carbocycles. The van der Waals surface area contributed by atoms with Crippen LogP contribution in [0.1, 0.15) is 18.4 Å². The lowest BCUT2D eigenvalue weighted by Crippen LogP contribution is -2.25. The summed E-state index contributed by atoms with van der Waals surface area (Å²) in [4.78, 5) is 11.6. The number of amides is 1. The Hall–Kier alpha value is -2.69. The molecule has 2 rings (SSSR count). The molecule has 0 radical (unpaired) electrons. The summed E-state index contributed by atoms with van der Waals surface area (Å²) in [6, 6.07) is 15.7. The fraction of sp³-hybridized carbons (Fsp3) is 0.176. The van der Waals surface area contributed by atoms with E-state index in [1.807, 2.05) is 37.3 Å². The first kappa shape index (κ1) is 15.7. The minimum Gasteiger partial charge on any atom is -0.481 e. The number of ether oxygens (including phenoxy) is 1. The summed E-state index contributed by atoms with van der Waals surface area (Å²) in [5.41, 5.74) is 3.46. The van der Waals surface area contributed by atoms with E-state index < -0.39 is 11.7 Å². The van der Waals surface area contributed by atoms with Gasteiger partial charge in [-0.2, -0.15) is 5.10 Å².